The maximum atomic E-state index is 13.3. The van der Waals surface area contributed by atoms with E-state index in [4.69, 9.17) is 4.98 Å². The highest BCUT2D eigenvalue weighted by atomic mass is 16.2. The van der Waals surface area contributed by atoms with Crippen molar-refractivity contribution in [3.8, 4) is 11.5 Å². The van der Waals surface area contributed by atoms with E-state index in [9.17, 15) is 9.59 Å². The number of likely N-dealkylation sites (N-methyl/N-ethyl adjacent to an activating group) is 1. The van der Waals surface area contributed by atoms with Crippen LogP contribution in [0.5, 0.6) is 0 Å². The summed E-state index contributed by atoms with van der Waals surface area (Å²) in [7, 11) is 5.91. The Balaban J connectivity index is 1.21. The van der Waals surface area contributed by atoms with Gasteiger partial charge in [-0.2, -0.15) is 0 Å². The number of imidazole rings is 1. The molecule has 10 heteroatoms. The van der Waals surface area contributed by atoms with Crippen molar-refractivity contribution in [2.45, 2.75) is 31.5 Å². The van der Waals surface area contributed by atoms with Gasteiger partial charge < -0.3 is 30.0 Å². The number of amides is 2. The van der Waals surface area contributed by atoms with Crippen molar-refractivity contribution in [3.63, 3.8) is 0 Å². The number of fused-ring (bicyclic) bond motifs is 2. The van der Waals surface area contributed by atoms with Gasteiger partial charge in [-0.15, -0.1) is 0 Å². The van der Waals surface area contributed by atoms with Gasteiger partial charge in [-0.3, -0.25) is 9.59 Å². The van der Waals surface area contributed by atoms with Crippen LogP contribution in [0, 0.1) is 5.92 Å². The highest BCUT2D eigenvalue weighted by Crippen LogP contribution is 2.35. The molecule has 3 N–H and O–H groups in total. The number of rotatable bonds is 9. The molecule has 40 heavy (non-hydrogen) atoms. The van der Waals surface area contributed by atoms with E-state index in [-0.39, 0.29) is 23.9 Å². The summed E-state index contributed by atoms with van der Waals surface area (Å²) in [4.78, 5) is 37.2. The molecule has 1 aliphatic carbocycles. The van der Waals surface area contributed by atoms with E-state index < -0.39 is 0 Å². The molecule has 2 atom stereocenters. The van der Waals surface area contributed by atoms with Crippen LogP contribution in [-0.2, 0) is 18.4 Å². The molecule has 6 rings (SSSR count). The van der Waals surface area contributed by atoms with Gasteiger partial charge >= 0.3 is 0 Å². The fourth-order valence-corrected chi connectivity index (χ4v) is 5.42. The lowest BCUT2D eigenvalue weighted by molar-refractivity contribution is -0.117. The summed E-state index contributed by atoms with van der Waals surface area (Å²) in [6.45, 7) is 2.82. The van der Waals surface area contributed by atoms with Gasteiger partial charge in [0.15, 0.2) is 5.82 Å². The van der Waals surface area contributed by atoms with E-state index in [0.29, 0.717) is 31.1 Å². The monoisotopic (exact) mass is 540 g/mol. The molecule has 2 aliphatic rings. The second-order valence-corrected chi connectivity index (χ2v) is 11.2. The molecule has 4 aromatic rings. The number of hydrogen-bond donors (Lipinski definition) is 3. The predicted octanol–water partition coefficient (Wildman–Crippen LogP) is 2.30. The summed E-state index contributed by atoms with van der Waals surface area (Å²) in [6, 6.07) is 11.5. The van der Waals surface area contributed by atoms with Crippen molar-refractivity contribution in [1.82, 2.24) is 40.0 Å². The molecule has 1 aliphatic heterocycles. The Labute approximate surface area is 233 Å². The van der Waals surface area contributed by atoms with Crippen LogP contribution in [-0.4, -0.2) is 81.6 Å². The minimum atomic E-state index is -0.209. The van der Waals surface area contributed by atoms with Crippen molar-refractivity contribution in [1.29, 1.82) is 0 Å². The molecule has 0 bridgehead atoms. The summed E-state index contributed by atoms with van der Waals surface area (Å²) in [5, 5.41) is 10.5. The summed E-state index contributed by atoms with van der Waals surface area (Å²) >= 11 is 0. The summed E-state index contributed by atoms with van der Waals surface area (Å²) < 4.78 is 4.38. The van der Waals surface area contributed by atoms with E-state index in [1.165, 1.54) is 12.8 Å². The molecule has 0 spiro atoms. The molecule has 1 unspecified atom stereocenters. The Kier molecular flexibility index (Phi) is 7.12. The highest BCUT2D eigenvalue weighted by molar-refractivity contribution is 5.98. The fraction of sp³-hybridized carbons (Fsp3) is 0.400. The van der Waals surface area contributed by atoms with Crippen molar-refractivity contribution >= 4 is 33.9 Å². The summed E-state index contributed by atoms with van der Waals surface area (Å²) in [5.41, 5.74) is 4.29. The highest BCUT2D eigenvalue weighted by Gasteiger charge is 2.30. The van der Waals surface area contributed by atoms with E-state index in [0.717, 1.165) is 40.1 Å². The van der Waals surface area contributed by atoms with Gasteiger partial charge in [-0.05, 0) is 69.3 Å². The van der Waals surface area contributed by atoms with E-state index in [2.05, 4.69) is 42.2 Å². The van der Waals surface area contributed by atoms with Crippen LogP contribution in [0.15, 0.2) is 54.7 Å². The van der Waals surface area contributed by atoms with Gasteiger partial charge in [-0.25, -0.2) is 9.97 Å². The Morgan fingerprint density at radius 3 is 2.70 bits per heavy atom. The second kappa shape index (κ2) is 10.9. The largest absolute Gasteiger partial charge is 0.346 e. The van der Waals surface area contributed by atoms with Crippen LogP contribution in [0.4, 0.5) is 0 Å². The first-order valence-electron chi connectivity index (χ1n) is 13.9. The standard InChI is InChI=1S/C30H36N8O2/c1-36(2)13-5-7-27(39)33-23-16-31-17-24(23)35-30(40)21-10-11-25-22(14-21)34-29(37(25)3)26-15-20-6-4-12-32-28(20)38(26)18-19-8-9-19/h4-7,10-12,14-15,19,23-24,31H,8-9,13,16-18H2,1-3H3,(H,33,39)(H,35,40)/b7-5+/t23?,24-/m1/s1. The Morgan fingerprint density at radius 2 is 1.93 bits per heavy atom. The van der Waals surface area contributed by atoms with E-state index in [1.807, 2.05) is 62.6 Å². The van der Waals surface area contributed by atoms with Crippen LogP contribution in [0.2, 0.25) is 0 Å². The molecule has 208 valence electrons. The number of benzene rings is 1. The number of nitrogens with zero attached hydrogens (tertiary/aromatic N) is 5. The number of pyridine rings is 1. The topological polar surface area (TPSA) is 109 Å². The molecular formula is C30H36N8O2. The number of carbonyl (C=O) groups is 2. The van der Waals surface area contributed by atoms with Crippen LogP contribution < -0.4 is 16.0 Å². The minimum Gasteiger partial charge on any atom is -0.346 e. The molecular weight excluding hydrogens is 504 g/mol. The van der Waals surface area contributed by atoms with Gasteiger partial charge in [0.25, 0.3) is 5.91 Å². The van der Waals surface area contributed by atoms with Crippen molar-refractivity contribution in [3.05, 3.63) is 60.3 Å². The zero-order chi connectivity index (χ0) is 27.8. The fourth-order valence-electron chi connectivity index (χ4n) is 5.42. The Morgan fingerprint density at radius 1 is 1.12 bits per heavy atom. The molecule has 0 radical (unpaired) electrons. The normalized spacial score (nSPS) is 19.3. The third-order valence-electron chi connectivity index (χ3n) is 7.76. The quantitative estimate of drug-likeness (QED) is 0.281. The number of nitrogens with one attached hydrogen (secondary N) is 3. The first kappa shape index (κ1) is 26.2. The number of hydrogen-bond acceptors (Lipinski definition) is 6. The Hall–Kier alpha value is -4.02. The van der Waals surface area contributed by atoms with Crippen molar-refractivity contribution in [2.75, 3.05) is 33.7 Å². The number of aromatic nitrogens is 4. The molecule has 1 saturated heterocycles. The maximum Gasteiger partial charge on any atom is 0.251 e. The maximum absolute atomic E-state index is 13.3. The average molecular weight is 541 g/mol. The number of aryl methyl sites for hydroxylation is 1. The average Bonchev–Trinajstić information content (AvgIpc) is 3.41. The lowest BCUT2D eigenvalue weighted by Gasteiger charge is -2.20. The lowest BCUT2D eigenvalue weighted by Crippen LogP contribution is -2.50. The zero-order valence-electron chi connectivity index (χ0n) is 23.2. The predicted molar refractivity (Wildman–Crippen MR) is 156 cm³/mol. The van der Waals surface area contributed by atoms with Gasteiger partial charge in [0.2, 0.25) is 5.91 Å². The Bertz CT molecular complexity index is 1600. The van der Waals surface area contributed by atoms with Crippen LogP contribution >= 0.6 is 0 Å². The summed E-state index contributed by atoms with van der Waals surface area (Å²) in [6.07, 6.45) is 7.71. The lowest BCUT2D eigenvalue weighted by atomic mass is 10.1. The van der Waals surface area contributed by atoms with Gasteiger partial charge in [0, 0.05) is 56.4 Å². The SMILES string of the molecule is CN(C)C/C=C/C(=O)NC1CNC[C@H]1NC(=O)c1ccc2c(c1)nc(-c1cc3cccnc3n1CC1CC1)n2C. The van der Waals surface area contributed by atoms with Crippen molar-refractivity contribution < 1.29 is 9.59 Å². The number of carbonyl (C=O) groups excluding carboxylic acids is 2. The molecule has 1 saturated carbocycles. The molecule has 4 heterocycles. The summed E-state index contributed by atoms with van der Waals surface area (Å²) in [5.74, 6) is 1.20. The van der Waals surface area contributed by atoms with Crippen molar-refractivity contribution in [2.24, 2.45) is 13.0 Å². The second-order valence-electron chi connectivity index (χ2n) is 11.2. The molecule has 2 fully saturated rings. The van der Waals surface area contributed by atoms with Gasteiger partial charge in [0.05, 0.1) is 28.8 Å². The van der Waals surface area contributed by atoms with E-state index >= 15 is 0 Å². The third-order valence-corrected chi connectivity index (χ3v) is 7.76. The van der Waals surface area contributed by atoms with Gasteiger partial charge in [-0.1, -0.05) is 6.08 Å². The van der Waals surface area contributed by atoms with Gasteiger partial charge in [0.1, 0.15) is 5.65 Å². The van der Waals surface area contributed by atoms with Crippen LogP contribution in [0.25, 0.3) is 33.6 Å². The van der Waals surface area contributed by atoms with E-state index in [1.54, 1.807) is 6.08 Å². The van der Waals surface area contributed by atoms with Crippen LogP contribution in [0.1, 0.15) is 23.2 Å². The molecule has 2 amide bonds. The third kappa shape index (κ3) is 5.37. The molecule has 10 nitrogen and oxygen atoms in total. The first-order chi connectivity index (χ1) is 19.4. The van der Waals surface area contributed by atoms with Crippen LogP contribution in [0.3, 0.4) is 0 Å². The zero-order valence-corrected chi connectivity index (χ0v) is 23.2. The smallest absolute Gasteiger partial charge is 0.251 e. The molecule has 1 aromatic carbocycles. The molecule has 3 aromatic heterocycles. The first-order valence-corrected chi connectivity index (χ1v) is 13.9. The minimum absolute atomic E-state index is 0.161.